The van der Waals surface area contributed by atoms with Gasteiger partial charge in [-0.25, -0.2) is 0 Å². The van der Waals surface area contributed by atoms with Crippen molar-refractivity contribution in [3.63, 3.8) is 0 Å². The number of nitrogens with one attached hydrogen (secondary N) is 2. The number of aryl methyl sites for hydroxylation is 2. The van der Waals surface area contributed by atoms with Gasteiger partial charge in [-0.2, -0.15) is 0 Å². The predicted molar refractivity (Wildman–Crippen MR) is 108 cm³/mol. The number of hydrogen-bond acceptors (Lipinski definition) is 3. The van der Waals surface area contributed by atoms with E-state index in [1.165, 1.54) is 0 Å². The Morgan fingerprint density at radius 1 is 0.885 bits per heavy atom. The van der Waals surface area contributed by atoms with Crippen molar-refractivity contribution in [2.75, 3.05) is 28.6 Å². The van der Waals surface area contributed by atoms with Crippen molar-refractivity contribution < 1.29 is 9.59 Å². The van der Waals surface area contributed by atoms with Crippen molar-refractivity contribution in [3.05, 3.63) is 53.6 Å². The number of rotatable bonds is 7. The molecule has 0 aromatic heterocycles. The third-order valence-corrected chi connectivity index (χ3v) is 4.27. The van der Waals surface area contributed by atoms with Crippen LogP contribution in [0.1, 0.15) is 31.4 Å². The molecular weight excluding hydrogens is 326 g/mol. The number of benzene rings is 2. The van der Waals surface area contributed by atoms with Crippen LogP contribution in [0, 0.1) is 13.8 Å². The van der Waals surface area contributed by atoms with Crippen molar-refractivity contribution >= 4 is 28.9 Å². The molecule has 0 atom stereocenters. The molecule has 0 radical (unpaired) electrons. The molecule has 0 fully saturated rings. The third kappa shape index (κ3) is 5.34. The summed E-state index contributed by atoms with van der Waals surface area (Å²) in [6.07, 6.45) is -0.217. The standard InChI is InChI=1S/C21H27N3O2/c1-5-24(6-2)18-11-9-17(10-12-18)22-20(25)14-21(26)23-19-13-15(3)7-8-16(19)4/h7-13H,5-6,14H2,1-4H3,(H,22,25)(H,23,26). The van der Waals surface area contributed by atoms with Gasteiger partial charge in [-0.05, 0) is 69.2 Å². The van der Waals surface area contributed by atoms with Crippen LogP contribution in [0.4, 0.5) is 17.1 Å². The number of nitrogens with zero attached hydrogens (tertiary/aromatic N) is 1. The SMILES string of the molecule is CCN(CC)c1ccc(NC(=O)CC(=O)Nc2cc(C)ccc2C)cc1. The van der Waals surface area contributed by atoms with E-state index >= 15 is 0 Å². The average Bonchev–Trinajstić information content (AvgIpc) is 2.60. The maximum Gasteiger partial charge on any atom is 0.233 e. The lowest BCUT2D eigenvalue weighted by Crippen LogP contribution is -2.22. The van der Waals surface area contributed by atoms with Crippen LogP contribution in [-0.4, -0.2) is 24.9 Å². The molecule has 0 aliphatic carbocycles. The molecule has 2 rings (SSSR count). The summed E-state index contributed by atoms with van der Waals surface area (Å²) < 4.78 is 0. The normalized spacial score (nSPS) is 10.3. The monoisotopic (exact) mass is 353 g/mol. The second-order valence-electron chi connectivity index (χ2n) is 6.31. The Kier molecular flexibility index (Phi) is 6.78. The first kappa shape index (κ1) is 19.5. The molecule has 26 heavy (non-hydrogen) atoms. The molecule has 0 saturated heterocycles. The van der Waals surface area contributed by atoms with Gasteiger partial charge < -0.3 is 15.5 Å². The molecule has 2 aromatic carbocycles. The van der Waals surface area contributed by atoms with Crippen LogP contribution in [0.2, 0.25) is 0 Å². The van der Waals surface area contributed by atoms with Gasteiger partial charge in [0.2, 0.25) is 11.8 Å². The highest BCUT2D eigenvalue weighted by Gasteiger charge is 2.11. The van der Waals surface area contributed by atoms with Crippen molar-refractivity contribution in [3.8, 4) is 0 Å². The lowest BCUT2D eigenvalue weighted by molar-refractivity contribution is -0.123. The molecule has 0 aliphatic rings. The Balaban J connectivity index is 1.91. The molecule has 0 aliphatic heterocycles. The van der Waals surface area contributed by atoms with E-state index in [-0.39, 0.29) is 18.2 Å². The van der Waals surface area contributed by atoms with Gasteiger partial charge in [0.25, 0.3) is 0 Å². The van der Waals surface area contributed by atoms with Gasteiger partial charge in [-0.1, -0.05) is 12.1 Å². The van der Waals surface area contributed by atoms with Crippen LogP contribution in [0.3, 0.4) is 0 Å². The van der Waals surface area contributed by atoms with Crippen molar-refractivity contribution in [1.82, 2.24) is 0 Å². The van der Waals surface area contributed by atoms with E-state index in [1.54, 1.807) is 0 Å². The zero-order valence-corrected chi connectivity index (χ0v) is 15.9. The zero-order chi connectivity index (χ0) is 19.1. The van der Waals surface area contributed by atoms with Gasteiger partial charge in [0.15, 0.2) is 0 Å². The molecule has 138 valence electrons. The zero-order valence-electron chi connectivity index (χ0n) is 15.9. The Hall–Kier alpha value is -2.82. The minimum atomic E-state index is -0.330. The summed E-state index contributed by atoms with van der Waals surface area (Å²) >= 11 is 0. The Morgan fingerprint density at radius 3 is 2.12 bits per heavy atom. The van der Waals surface area contributed by atoms with E-state index < -0.39 is 0 Å². The van der Waals surface area contributed by atoms with E-state index in [9.17, 15) is 9.59 Å². The third-order valence-electron chi connectivity index (χ3n) is 4.27. The topological polar surface area (TPSA) is 61.4 Å². The molecule has 2 aromatic rings. The first-order valence-corrected chi connectivity index (χ1v) is 8.95. The summed E-state index contributed by atoms with van der Waals surface area (Å²) in [7, 11) is 0. The van der Waals surface area contributed by atoms with Crippen LogP contribution >= 0.6 is 0 Å². The maximum atomic E-state index is 12.1. The molecule has 5 nitrogen and oxygen atoms in total. The van der Waals surface area contributed by atoms with Gasteiger partial charge in [-0.3, -0.25) is 9.59 Å². The minimum absolute atomic E-state index is 0.217. The lowest BCUT2D eigenvalue weighted by Gasteiger charge is -2.21. The Bertz CT molecular complexity index is 765. The van der Waals surface area contributed by atoms with Gasteiger partial charge in [-0.15, -0.1) is 0 Å². The number of carbonyl (C=O) groups is 2. The summed E-state index contributed by atoms with van der Waals surface area (Å²) in [5.41, 5.74) is 4.57. The van der Waals surface area contributed by atoms with Crippen LogP contribution < -0.4 is 15.5 Å². The van der Waals surface area contributed by atoms with Crippen LogP contribution in [0.5, 0.6) is 0 Å². The fraction of sp³-hybridized carbons (Fsp3) is 0.333. The highest BCUT2D eigenvalue weighted by atomic mass is 16.2. The second kappa shape index (κ2) is 9.04. The molecule has 2 N–H and O–H groups in total. The summed E-state index contributed by atoms with van der Waals surface area (Å²) in [5, 5.41) is 5.57. The summed E-state index contributed by atoms with van der Waals surface area (Å²) in [4.78, 5) is 26.5. The maximum absolute atomic E-state index is 12.1. The highest BCUT2D eigenvalue weighted by Crippen LogP contribution is 2.19. The number of carbonyl (C=O) groups excluding carboxylic acids is 2. The summed E-state index contributed by atoms with van der Waals surface area (Å²) in [5.74, 6) is -0.653. The van der Waals surface area contributed by atoms with Gasteiger partial charge >= 0.3 is 0 Å². The molecule has 0 saturated carbocycles. The average molecular weight is 353 g/mol. The Labute approximate surface area is 155 Å². The molecule has 0 unspecified atom stereocenters. The summed E-state index contributed by atoms with van der Waals surface area (Å²) in [6, 6.07) is 13.5. The van der Waals surface area contributed by atoms with E-state index in [4.69, 9.17) is 0 Å². The lowest BCUT2D eigenvalue weighted by atomic mass is 10.1. The van der Waals surface area contributed by atoms with Crippen LogP contribution in [0.25, 0.3) is 0 Å². The summed E-state index contributed by atoms with van der Waals surface area (Å²) in [6.45, 7) is 9.96. The first-order valence-electron chi connectivity index (χ1n) is 8.95. The van der Waals surface area contributed by atoms with E-state index in [2.05, 4.69) is 29.4 Å². The van der Waals surface area contributed by atoms with Gasteiger partial charge in [0.05, 0.1) is 0 Å². The molecular formula is C21H27N3O2. The van der Waals surface area contributed by atoms with E-state index in [1.807, 2.05) is 56.3 Å². The first-order chi connectivity index (χ1) is 12.4. The largest absolute Gasteiger partial charge is 0.372 e. The molecule has 0 spiro atoms. The second-order valence-corrected chi connectivity index (χ2v) is 6.31. The van der Waals surface area contributed by atoms with Crippen LogP contribution in [0.15, 0.2) is 42.5 Å². The van der Waals surface area contributed by atoms with E-state index in [0.29, 0.717) is 5.69 Å². The number of anilines is 3. The quantitative estimate of drug-likeness (QED) is 0.736. The van der Waals surface area contributed by atoms with E-state index in [0.717, 1.165) is 35.6 Å². The van der Waals surface area contributed by atoms with Gasteiger partial charge in [0.1, 0.15) is 6.42 Å². The van der Waals surface area contributed by atoms with Gasteiger partial charge in [0, 0.05) is 30.2 Å². The predicted octanol–water partition coefficient (Wildman–Crippen LogP) is 4.12. The fourth-order valence-electron chi connectivity index (χ4n) is 2.76. The fourth-order valence-corrected chi connectivity index (χ4v) is 2.76. The van der Waals surface area contributed by atoms with Crippen molar-refractivity contribution in [2.45, 2.75) is 34.1 Å². The van der Waals surface area contributed by atoms with Crippen LogP contribution in [-0.2, 0) is 9.59 Å². The molecule has 0 bridgehead atoms. The highest BCUT2D eigenvalue weighted by molar-refractivity contribution is 6.08. The molecule has 5 heteroatoms. The minimum Gasteiger partial charge on any atom is -0.372 e. The van der Waals surface area contributed by atoms with Crippen molar-refractivity contribution in [2.24, 2.45) is 0 Å². The molecule has 0 heterocycles. The smallest absolute Gasteiger partial charge is 0.233 e. The number of hydrogen-bond donors (Lipinski definition) is 2. The molecule has 2 amide bonds. The van der Waals surface area contributed by atoms with Crippen molar-refractivity contribution in [1.29, 1.82) is 0 Å². The number of amides is 2. The Morgan fingerprint density at radius 2 is 1.50 bits per heavy atom.